The van der Waals surface area contributed by atoms with Gasteiger partial charge in [-0.15, -0.1) is 0 Å². The molecule has 0 spiro atoms. The summed E-state index contributed by atoms with van der Waals surface area (Å²) in [5.74, 6) is 0.653. The second-order valence-electron chi connectivity index (χ2n) is 6.65. The van der Waals surface area contributed by atoms with Gasteiger partial charge in [-0.25, -0.2) is 0 Å². The predicted molar refractivity (Wildman–Crippen MR) is 88.5 cm³/mol. The molecule has 0 unspecified atom stereocenters. The fourth-order valence-electron chi connectivity index (χ4n) is 3.11. The normalized spacial score (nSPS) is 17.1. The lowest BCUT2D eigenvalue weighted by molar-refractivity contribution is -0.128. The van der Waals surface area contributed by atoms with Crippen LogP contribution in [0, 0.1) is 16.7 Å². The first-order valence-corrected chi connectivity index (χ1v) is 8.33. The van der Waals surface area contributed by atoms with Gasteiger partial charge in [0.15, 0.2) is 0 Å². The molecular weight excluding hydrogens is 268 g/mol. The van der Waals surface area contributed by atoms with Crippen LogP contribution < -0.4 is 11.1 Å². The van der Waals surface area contributed by atoms with E-state index in [1.165, 1.54) is 12.8 Å². The number of hydrogen-bond acceptors (Lipinski definition) is 2. The van der Waals surface area contributed by atoms with Gasteiger partial charge in [0.2, 0.25) is 5.91 Å². The number of nitrogens with one attached hydrogen (secondary N) is 1. The van der Waals surface area contributed by atoms with Crippen molar-refractivity contribution in [2.45, 2.75) is 66.2 Å². The van der Waals surface area contributed by atoms with E-state index in [1.54, 1.807) is 0 Å². The molecule has 0 bridgehead atoms. The van der Waals surface area contributed by atoms with E-state index in [-0.39, 0.29) is 5.91 Å². The second kappa shape index (κ2) is 6.88. The van der Waals surface area contributed by atoms with Crippen LogP contribution in [0.3, 0.4) is 0 Å². The molecular formula is C16H30N2OS. The molecule has 1 fully saturated rings. The Labute approximate surface area is 129 Å². The Kier molecular flexibility index (Phi) is 5.99. The molecule has 20 heavy (non-hydrogen) atoms. The molecule has 116 valence electrons. The smallest absolute Gasteiger partial charge is 0.233 e. The highest BCUT2D eigenvalue weighted by molar-refractivity contribution is 7.80. The quantitative estimate of drug-likeness (QED) is 0.641. The Hall–Kier alpha value is -0.640. The number of rotatable bonds is 9. The molecule has 1 aliphatic rings. The molecule has 3 nitrogen and oxygen atoms in total. The summed E-state index contributed by atoms with van der Waals surface area (Å²) in [5, 5.41) is 3.15. The monoisotopic (exact) mass is 298 g/mol. The average Bonchev–Trinajstić information content (AvgIpc) is 3.16. The number of carbonyl (C=O) groups excluding carboxylic acids is 1. The molecule has 1 saturated carbocycles. The van der Waals surface area contributed by atoms with E-state index in [1.807, 2.05) is 0 Å². The molecule has 1 aliphatic carbocycles. The summed E-state index contributed by atoms with van der Waals surface area (Å²) in [6.07, 6.45) is 5.76. The Bertz CT molecular complexity index is 355. The zero-order valence-electron chi connectivity index (χ0n) is 13.4. The Morgan fingerprint density at radius 3 is 2.10 bits per heavy atom. The standard InChI is InChI=1S/C16H30N2OS/c1-5-7-16(8-6-2,13(17)20)14(19)18-11-15(9-10-15)12(3)4/h12H,5-11H2,1-4H3,(H2,17,20)(H,18,19). The minimum absolute atomic E-state index is 0.0422. The molecule has 0 aromatic carbocycles. The van der Waals surface area contributed by atoms with Crippen LogP contribution in [-0.2, 0) is 4.79 Å². The van der Waals surface area contributed by atoms with Crippen molar-refractivity contribution in [1.82, 2.24) is 5.32 Å². The topological polar surface area (TPSA) is 55.1 Å². The molecule has 3 N–H and O–H groups in total. The second-order valence-corrected chi connectivity index (χ2v) is 7.09. The first-order valence-electron chi connectivity index (χ1n) is 7.93. The summed E-state index contributed by atoms with van der Waals surface area (Å²) in [5.41, 5.74) is 5.60. The van der Waals surface area contributed by atoms with Crippen molar-refractivity contribution in [3.05, 3.63) is 0 Å². The lowest BCUT2D eigenvalue weighted by Gasteiger charge is -2.32. The van der Waals surface area contributed by atoms with Gasteiger partial charge in [-0.1, -0.05) is 52.8 Å². The van der Waals surface area contributed by atoms with Gasteiger partial charge in [0.25, 0.3) is 0 Å². The van der Waals surface area contributed by atoms with Crippen LogP contribution in [0.4, 0.5) is 0 Å². The van der Waals surface area contributed by atoms with Crippen LogP contribution in [0.5, 0.6) is 0 Å². The molecule has 0 aliphatic heterocycles. The third kappa shape index (κ3) is 3.51. The van der Waals surface area contributed by atoms with Gasteiger partial charge in [-0.05, 0) is 37.0 Å². The van der Waals surface area contributed by atoms with Gasteiger partial charge in [-0.3, -0.25) is 4.79 Å². The van der Waals surface area contributed by atoms with E-state index in [2.05, 4.69) is 33.0 Å². The van der Waals surface area contributed by atoms with Gasteiger partial charge in [-0.2, -0.15) is 0 Å². The fraction of sp³-hybridized carbons (Fsp3) is 0.875. The first-order chi connectivity index (χ1) is 9.34. The third-order valence-electron chi connectivity index (χ3n) is 4.98. The molecule has 0 saturated heterocycles. The van der Waals surface area contributed by atoms with Crippen molar-refractivity contribution in [2.75, 3.05) is 6.54 Å². The fourth-order valence-corrected chi connectivity index (χ4v) is 3.41. The van der Waals surface area contributed by atoms with Crippen LogP contribution in [0.2, 0.25) is 0 Å². The van der Waals surface area contributed by atoms with E-state index in [0.29, 0.717) is 16.3 Å². The van der Waals surface area contributed by atoms with Crippen LogP contribution in [0.25, 0.3) is 0 Å². The van der Waals surface area contributed by atoms with Crippen molar-refractivity contribution in [1.29, 1.82) is 0 Å². The van der Waals surface area contributed by atoms with Gasteiger partial charge in [0, 0.05) is 6.54 Å². The zero-order valence-corrected chi connectivity index (χ0v) is 14.2. The molecule has 1 amide bonds. The molecule has 4 heteroatoms. The van der Waals surface area contributed by atoms with E-state index < -0.39 is 5.41 Å². The van der Waals surface area contributed by atoms with Crippen LogP contribution in [0.1, 0.15) is 66.2 Å². The minimum atomic E-state index is -0.647. The summed E-state index contributed by atoms with van der Waals surface area (Å²) in [6.45, 7) is 9.39. The van der Waals surface area contributed by atoms with E-state index in [0.717, 1.165) is 32.2 Å². The van der Waals surface area contributed by atoms with Crippen molar-refractivity contribution in [3.63, 3.8) is 0 Å². The van der Waals surface area contributed by atoms with Crippen LogP contribution in [-0.4, -0.2) is 17.4 Å². The van der Waals surface area contributed by atoms with Gasteiger partial charge in [0.05, 0.1) is 10.4 Å². The van der Waals surface area contributed by atoms with Crippen molar-refractivity contribution < 1.29 is 4.79 Å². The number of amides is 1. The predicted octanol–water partition coefficient (Wildman–Crippen LogP) is 3.41. The van der Waals surface area contributed by atoms with Gasteiger partial charge < -0.3 is 11.1 Å². The summed E-state index contributed by atoms with van der Waals surface area (Å²) in [7, 11) is 0. The highest BCUT2D eigenvalue weighted by Crippen LogP contribution is 2.51. The van der Waals surface area contributed by atoms with Gasteiger partial charge >= 0.3 is 0 Å². The maximum atomic E-state index is 12.7. The summed E-state index contributed by atoms with van der Waals surface area (Å²) >= 11 is 5.23. The maximum absolute atomic E-state index is 12.7. The maximum Gasteiger partial charge on any atom is 0.233 e. The van der Waals surface area contributed by atoms with Crippen LogP contribution in [0.15, 0.2) is 0 Å². The molecule has 0 heterocycles. The number of carbonyl (C=O) groups is 1. The molecule has 0 aromatic heterocycles. The van der Waals surface area contributed by atoms with E-state index in [9.17, 15) is 4.79 Å². The highest BCUT2D eigenvalue weighted by Gasteiger charge is 2.47. The van der Waals surface area contributed by atoms with E-state index in [4.69, 9.17) is 18.0 Å². The number of thiocarbonyl (C=S) groups is 1. The lowest BCUT2D eigenvalue weighted by Crippen LogP contribution is -2.50. The van der Waals surface area contributed by atoms with E-state index >= 15 is 0 Å². The Balaban J connectivity index is 2.75. The van der Waals surface area contributed by atoms with Crippen molar-refractivity contribution >= 4 is 23.1 Å². The third-order valence-corrected chi connectivity index (χ3v) is 5.37. The average molecular weight is 298 g/mol. The van der Waals surface area contributed by atoms with Crippen LogP contribution >= 0.6 is 12.2 Å². The Morgan fingerprint density at radius 2 is 1.80 bits per heavy atom. The zero-order chi connectivity index (χ0) is 15.4. The van der Waals surface area contributed by atoms with Gasteiger partial charge in [0.1, 0.15) is 0 Å². The van der Waals surface area contributed by atoms with Crippen molar-refractivity contribution in [2.24, 2.45) is 22.5 Å². The Morgan fingerprint density at radius 1 is 1.30 bits per heavy atom. The molecule has 1 rings (SSSR count). The van der Waals surface area contributed by atoms with Crippen molar-refractivity contribution in [3.8, 4) is 0 Å². The largest absolute Gasteiger partial charge is 0.392 e. The molecule has 0 aromatic rings. The number of hydrogen-bond donors (Lipinski definition) is 2. The number of nitrogens with two attached hydrogens (primary N) is 1. The minimum Gasteiger partial charge on any atom is -0.392 e. The summed E-state index contributed by atoms with van der Waals surface area (Å²) in [4.78, 5) is 13.1. The first kappa shape index (κ1) is 17.4. The summed E-state index contributed by atoms with van der Waals surface area (Å²) in [6, 6.07) is 0. The highest BCUT2D eigenvalue weighted by atomic mass is 32.1. The molecule has 0 radical (unpaired) electrons. The SMILES string of the molecule is CCCC(CCC)(C(=O)NCC1(C(C)C)CC1)C(N)=S. The summed E-state index contributed by atoms with van der Waals surface area (Å²) < 4.78 is 0. The molecule has 0 atom stereocenters. The lowest BCUT2D eigenvalue weighted by atomic mass is 9.78.